The van der Waals surface area contributed by atoms with Crippen LogP contribution in [0.15, 0.2) is 40.6 Å². The number of hydrogen-bond acceptors (Lipinski definition) is 5. The molecule has 0 aliphatic carbocycles. The molecule has 0 saturated carbocycles. The predicted octanol–water partition coefficient (Wildman–Crippen LogP) is 4.29. The van der Waals surface area contributed by atoms with E-state index in [2.05, 4.69) is 15.5 Å². The summed E-state index contributed by atoms with van der Waals surface area (Å²) in [5, 5.41) is 11.0. The Morgan fingerprint density at radius 1 is 1.17 bits per heavy atom. The molecule has 24 heavy (non-hydrogen) atoms. The largest absolute Gasteiger partial charge is 0.325 e. The Morgan fingerprint density at radius 2 is 1.83 bits per heavy atom. The Morgan fingerprint density at radius 3 is 2.42 bits per heavy atom. The van der Waals surface area contributed by atoms with Crippen LogP contribution in [0, 0.1) is 0 Å². The van der Waals surface area contributed by atoms with Gasteiger partial charge >= 0.3 is 0 Å². The molecule has 0 fully saturated rings. The number of aromatic nitrogens is 3. The van der Waals surface area contributed by atoms with Gasteiger partial charge in [-0.15, -0.1) is 10.2 Å². The smallest absolute Gasteiger partial charge is 0.288 e. The molecule has 1 N–H and O–H groups in total. The van der Waals surface area contributed by atoms with E-state index in [-0.39, 0.29) is 17.2 Å². The van der Waals surface area contributed by atoms with Gasteiger partial charge < -0.3 is 9.88 Å². The molecule has 1 heterocycles. The lowest BCUT2D eigenvalue weighted by Gasteiger charge is -2.14. The average molecular weight is 372 g/mol. The third-order valence-corrected chi connectivity index (χ3v) is 4.89. The van der Waals surface area contributed by atoms with E-state index in [1.165, 1.54) is 11.8 Å². The van der Waals surface area contributed by atoms with Gasteiger partial charge in [-0.3, -0.25) is 4.79 Å². The molecular formula is C15H18F2N4OS2. The molecule has 9 heteroatoms. The summed E-state index contributed by atoms with van der Waals surface area (Å²) in [6.07, 6.45) is 1.64. The SMILES string of the molecule is CC(C)n1cnnc1S[C@H](C)C(=O)Nc1ccc(SC(F)F)cc1. The topological polar surface area (TPSA) is 59.8 Å². The number of carbonyl (C=O) groups excluding carboxylic acids is 1. The summed E-state index contributed by atoms with van der Waals surface area (Å²) in [5.41, 5.74) is 0.566. The highest BCUT2D eigenvalue weighted by Crippen LogP contribution is 2.27. The summed E-state index contributed by atoms with van der Waals surface area (Å²) in [6.45, 7) is 5.80. The van der Waals surface area contributed by atoms with E-state index in [1.54, 1.807) is 37.5 Å². The number of nitrogens with one attached hydrogen (secondary N) is 1. The van der Waals surface area contributed by atoms with Gasteiger partial charge in [0, 0.05) is 16.6 Å². The highest BCUT2D eigenvalue weighted by atomic mass is 32.2. The monoisotopic (exact) mass is 372 g/mol. The van der Waals surface area contributed by atoms with E-state index >= 15 is 0 Å². The number of thioether (sulfide) groups is 2. The number of nitrogens with zero attached hydrogens (tertiary/aromatic N) is 3. The number of benzene rings is 1. The Hall–Kier alpha value is -1.61. The molecule has 0 aliphatic rings. The van der Waals surface area contributed by atoms with Gasteiger partial charge in [0.2, 0.25) is 5.91 Å². The first-order valence-electron chi connectivity index (χ1n) is 7.28. The molecule has 2 aromatic rings. The van der Waals surface area contributed by atoms with Gasteiger partial charge in [0.15, 0.2) is 5.16 Å². The van der Waals surface area contributed by atoms with Gasteiger partial charge in [-0.1, -0.05) is 23.5 Å². The van der Waals surface area contributed by atoms with Crippen LogP contribution >= 0.6 is 23.5 Å². The number of halogens is 2. The lowest BCUT2D eigenvalue weighted by molar-refractivity contribution is -0.115. The molecule has 5 nitrogen and oxygen atoms in total. The Bertz CT molecular complexity index is 676. The van der Waals surface area contributed by atoms with Gasteiger partial charge in [-0.05, 0) is 45.0 Å². The molecular weight excluding hydrogens is 354 g/mol. The van der Waals surface area contributed by atoms with Crippen molar-refractivity contribution < 1.29 is 13.6 Å². The van der Waals surface area contributed by atoms with Crippen LogP contribution in [0.2, 0.25) is 0 Å². The predicted molar refractivity (Wildman–Crippen MR) is 92.7 cm³/mol. The summed E-state index contributed by atoms with van der Waals surface area (Å²) in [7, 11) is 0. The van der Waals surface area contributed by atoms with Crippen LogP contribution in [0.4, 0.5) is 14.5 Å². The van der Waals surface area contributed by atoms with Crippen LogP contribution < -0.4 is 5.32 Å². The summed E-state index contributed by atoms with van der Waals surface area (Å²) in [6, 6.07) is 6.53. The minimum Gasteiger partial charge on any atom is -0.325 e. The van der Waals surface area contributed by atoms with Crippen LogP contribution in [0.25, 0.3) is 0 Å². The van der Waals surface area contributed by atoms with Crippen molar-refractivity contribution in [2.75, 3.05) is 5.32 Å². The molecule has 0 bridgehead atoms. The highest BCUT2D eigenvalue weighted by molar-refractivity contribution is 8.00. The van der Waals surface area contributed by atoms with Crippen LogP contribution in [-0.4, -0.2) is 31.7 Å². The number of amides is 1. The Labute approximate surface area is 147 Å². The van der Waals surface area contributed by atoms with Gasteiger partial charge in [0.25, 0.3) is 5.76 Å². The maximum atomic E-state index is 12.3. The zero-order valence-corrected chi connectivity index (χ0v) is 15.1. The first-order chi connectivity index (χ1) is 11.4. The van der Waals surface area contributed by atoms with Crippen molar-refractivity contribution in [2.45, 2.75) is 47.9 Å². The maximum absolute atomic E-state index is 12.3. The van der Waals surface area contributed by atoms with Crippen molar-refractivity contribution in [3.63, 3.8) is 0 Å². The fourth-order valence-electron chi connectivity index (χ4n) is 1.85. The van der Waals surface area contributed by atoms with E-state index in [0.29, 0.717) is 27.5 Å². The zero-order valence-electron chi connectivity index (χ0n) is 13.4. The average Bonchev–Trinajstić information content (AvgIpc) is 2.97. The summed E-state index contributed by atoms with van der Waals surface area (Å²) >= 11 is 1.79. The zero-order chi connectivity index (χ0) is 17.7. The molecule has 2 rings (SSSR count). The minimum atomic E-state index is -2.46. The first kappa shape index (κ1) is 18.7. The fraction of sp³-hybridized carbons (Fsp3) is 0.400. The van der Waals surface area contributed by atoms with Crippen molar-refractivity contribution in [2.24, 2.45) is 0 Å². The fourth-order valence-corrected chi connectivity index (χ4v) is 3.30. The normalized spacial score (nSPS) is 12.6. The second kappa shape index (κ2) is 8.48. The van der Waals surface area contributed by atoms with Crippen LogP contribution in [0.5, 0.6) is 0 Å². The molecule has 1 aromatic heterocycles. The lowest BCUT2D eigenvalue weighted by Crippen LogP contribution is -2.23. The maximum Gasteiger partial charge on any atom is 0.288 e. The minimum absolute atomic E-state index is 0.187. The lowest BCUT2D eigenvalue weighted by atomic mass is 10.3. The van der Waals surface area contributed by atoms with E-state index in [0.717, 1.165) is 0 Å². The van der Waals surface area contributed by atoms with E-state index < -0.39 is 5.76 Å². The Kier molecular flexibility index (Phi) is 6.61. The van der Waals surface area contributed by atoms with Crippen LogP contribution in [0.3, 0.4) is 0 Å². The molecule has 0 radical (unpaired) electrons. The van der Waals surface area contributed by atoms with Gasteiger partial charge in [-0.25, -0.2) is 0 Å². The van der Waals surface area contributed by atoms with Crippen molar-refractivity contribution in [3.05, 3.63) is 30.6 Å². The third-order valence-electron chi connectivity index (χ3n) is 3.09. The quantitative estimate of drug-likeness (QED) is 0.735. The number of hydrogen-bond donors (Lipinski definition) is 1. The second-order valence-electron chi connectivity index (χ2n) is 5.27. The Balaban J connectivity index is 1.95. The number of alkyl halides is 2. The molecule has 0 saturated heterocycles. The highest BCUT2D eigenvalue weighted by Gasteiger charge is 2.19. The molecule has 1 amide bonds. The van der Waals surface area contributed by atoms with Crippen molar-refractivity contribution in [3.8, 4) is 0 Å². The van der Waals surface area contributed by atoms with Gasteiger partial charge in [-0.2, -0.15) is 8.78 Å². The number of rotatable bonds is 7. The van der Waals surface area contributed by atoms with Crippen molar-refractivity contribution >= 4 is 35.1 Å². The summed E-state index contributed by atoms with van der Waals surface area (Å²) in [4.78, 5) is 12.7. The van der Waals surface area contributed by atoms with Gasteiger partial charge in [0.1, 0.15) is 6.33 Å². The number of carbonyl (C=O) groups is 1. The first-order valence-corrected chi connectivity index (χ1v) is 9.04. The number of anilines is 1. The van der Waals surface area contributed by atoms with Crippen molar-refractivity contribution in [1.29, 1.82) is 0 Å². The van der Waals surface area contributed by atoms with Crippen LogP contribution in [-0.2, 0) is 4.79 Å². The third kappa shape index (κ3) is 5.20. The summed E-state index contributed by atoms with van der Waals surface area (Å²) < 4.78 is 26.5. The molecule has 1 aromatic carbocycles. The van der Waals surface area contributed by atoms with E-state index in [9.17, 15) is 13.6 Å². The van der Waals surface area contributed by atoms with Crippen LogP contribution in [0.1, 0.15) is 26.8 Å². The van der Waals surface area contributed by atoms with E-state index in [4.69, 9.17) is 0 Å². The second-order valence-corrected chi connectivity index (χ2v) is 7.64. The van der Waals surface area contributed by atoms with Crippen molar-refractivity contribution in [1.82, 2.24) is 14.8 Å². The molecule has 130 valence electrons. The standard InChI is InChI=1S/C15H18F2N4OS2/c1-9(2)21-8-18-20-15(21)23-10(3)13(22)19-11-4-6-12(7-5-11)24-14(16)17/h4-10,14H,1-3H3,(H,19,22)/t10-/m1/s1. The molecule has 0 unspecified atom stereocenters. The molecule has 0 spiro atoms. The summed E-state index contributed by atoms with van der Waals surface area (Å²) in [5.74, 6) is -2.65. The van der Waals surface area contributed by atoms with Gasteiger partial charge in [0.05, 0.1) is 5.25 Å². The molecule has 1 atom stereocenters. The molecule has 0 aliphatic heterocycles. The van der Waals surface area contributed by atoms with E-state index in [1.807, 2.05) is 18.4 Å².